The third kappa shape index (κ3) is 1.27. The molecule has 1 saturated carbocycles. The van der Waals surface area contributed by atoms with Crippen molar-refractivity contribution in [3.63, 3.8) is 0 Å². The van der Waals surface area contributed by atoms with E-state index in [9.17, 15) is 9.90 Å². The number of hydrogen-bond acceptors (Lipinski definition) is 3. The first-order chi connectivity index (χ1) is 6.24. The molecule has 2 aliphatic rings. The first kappa shape index (κ1) is 8.75. The molecule has 2 bridgehead atoms. The summed E-state index contributed by atoms with van der Waals surface area (Å²) >= 11 is 0. The maximum absolute atomic E-state index is 11.4. The van der Waals surface area contributed by atoms with Gasteiger partial charge < -0.3 is 9.84 Å². The van der Waals surface area contributed by atoms with Gasteiger partial charge in [0.25, 0.3) is 0 Å². The molecule has 0 heterocycles. The number of aliphatic hydroxyl groups excluding tert-OH is 1. The summed E-state index contributed by atoms with van der Waals surface area (Å²) in [5.41, 5.74) is 0. The van der Waals surface area contributed by atoms with Crippen molar-refractivity contribution in [2.45, 2.75) is 19.4 Å². The molecule has 3 heteroatoms. The summed E-state index contributed by atoms with van der Waals surface area (Å²) in [5, 5.41) is 9.72. The van der Waals surface area contributed by atoms with Crippen LogP contribution in [-0.4, -0.2) is 23.8 Å². The van der Waals surface area contributed by atoms with Crippen LogP contribution in [0.25, 0.3) is 0 Å². The molecule has 1 fully saturated rings. The molecule has 0 radical (unpaired) electrons. The summed E-state index contributed by atoms with van der Waals surface area (Å²) in [7, 11) is 0. The highest BCUT2D eigenvalue weighted by Crippen LogP contribution is 2.44. The fraction of sp³-hybridized carbons (Fsp3) is 0.700. The van der Waals surface area contributed by atoms with Crippen LogP contribution in [0.1, 0.15) is 13.3 Å². The Bertz CT molecular complexity index is 247. The molecule has 0 amide bonds. The van der Waals surface area contributed by atoms with E-state index < -0.39 is 6.10 Å². The molecule has 0 aromatic heterocycles. The first-order valence-electron chi connectivity index (χ1n) is 4.77. The molecule has 13 heavy (non-hydrogen) atoms. The zero-order valence-corrected chi connectivity index (χ0v) is 7.64. The number of fused-ring (bicyclic) bond motifs is 2. The average Bonchev–Trinajstić information content (AvgIpc) is 2.63. The fourth-order valence-corrected chi connectivity index (χ4v) is 2.35. The second-order valence-electron chi connectivity index (χ2n) is 3.72. The Hall–Kier alpha value is -0.830. The molecule has 2 rings (SSSR count). The summed E-state index contributed by atoms with van der Waals surface area (Å²) in [4.78, 5) is 11.4. The molecule has 0 unspecified atom stereocenters. The molecule has 1 N–H and O–H groups in total. The number of hydrogen-bond donors (Lipinski definition) is 1. The van der Waals surface area contributed by atoms with Gasteiger partial charge in [-0.15, -0.1) is 0 Å². The van der Waals surface area contributed by atoms with Crippen molar-refractivity contribution in [3.8, 4) is 0 Å². The van der Waals surface area contributed by atoms with E-state index >= 15 is 0 Å². The van der Waals surface area contributed by atoms with E-state index in [1.165, 1.54) is 0 Å². The van der Waals surface area contributed by atoms with Gasteiger partial charge in [-0.05, 0) is 19.3 Å². The highest BCUT2D eigenvalue weighted by molar-refractivity contribution is 5.75. The van der Waals surface area contributed by atoms with Crippen molar-refractivity contribution in [2.24, 2.45) is 17.8 Å². The molecular weight excluding hydrogens is 168 g/mol. The molecule has 0 saturated heterocycles. The lowest BCUT2D eigenvalue weighted by Crippen LogP contribution is -2.33. The van der Waals surface area contributed by atoms with Crippen molar-refractivity contribution in [2.75, 3.05) is 6.61 Å². The SMILES string of the molecule is CCOC(=O)[C@@H]1[C@@H](O)[C@@H]2C=C[C@H]1C2. The molecule has 0 aliphatic heterocycles. The van der Waals surface area contributed by atoms with Gasteiger partial charge in [-0.3, -0.25) is 4.79 Å². The third-order valence-electron chi connectivity index (χ3n) is 2.98. The van der Waals surface area contributed by atoms with E-state index in [1.54, 1.807) is 6.92 Å². The van der Waals surface area contributed by atoms with Crippen molar-refractivity contribution >= 4 is 5.97 Å². The van der Waals surface area contributed by atoms with E-state index in [1.807, 2.05) is 12.2 Å². The van der Waals surface area contributed by atoms with Crippen LogP contribution in [-0.2, 0) is 9.53 Å². The number of allylic oxidation sites excluding steroid dienone is 1. The predicted octanol–water partition coefficient (Wildman–Crippen LogP) is 0.732. The van der Waals surface area contributed by atoms with Gasteiger partial charge in [-0.2, -0.15) is 0 Å². The van der Waals surface area contributed by atoms with Gasteiger partial charge in [0.1, 0.15) is 0 Å². The van der Waals surface area contributed by atoms with Crippen molar-refractivity contribution in [1.82, 2.24) is 0 Å². The van der Waals surface area contributed by atoms with E-state index in [-0.39, 0.29) is 23.7 Å². The van der Waals surface area contributed by atoms with E-state index in [0.29, 0.717) is 6.61 Å². The summed E-state index contributed by atoms with van der Waals surface area (Å²) in [5.74, 6) is -0.166. The second-order valence-corrected chi connectivity index (χ2v) is 3.72. The normalized spacial score (nSPS) is 41.1. The highest BCUT2D eigenvalue weighted by atomic mass is 16.5. The van der Waals surface area contributed by atoms with Crippen LogP contribution < -0.4 is 0 Å². The highest BCUT2D eigenvalue weighted by Gasteiger charge is 2.48. The molecule has 0 aromatic rings. The Balaban J connectivity index is 2.08. The van der Waals surface area contributed by atoms with Crippen LogP contribution in [0.5, 0.6) is 0 Å². The van der Waals surface area contributed by atoms with Crippen LogP contribution >= 0.6 is 0 Å². The summed E-state index contributed by atoms with van der Waals surface area (Å²) < 4.78 is 4.92. The van der Waals surface area contributed by atoms with Crippen LogP contribution in [0.4, 0.5) is 0 Å². The monoisotopic (exact) mass is 182 g/mol. The maximum Gasteiger partial charge on any atom is 0.312 e. The number of ether oxygens (including phenoxy) is 1. The Morgan fingerprint density at radius 3 is 2.77 bits per heavy atom. The number of carbonyl (C=O) groups excluding carboxylic acids is 1. The summed E-state index contributed by atoms with van der Waals surface area (Å²) in [6, 6.07) is 0. The Morgan fingerprint density at radius 1 is 1.54 bits per heavy atom. The number of esters is 1. The van der Waals surface area contributed by atoms with Gasteiger partial charge >= 0.3 is 5.97 Å². The maximum atomic E-state index is 11.4. The lowest BCUT2D eigenvalue weighted by Gasteiger charge is -2.21. The smallest absolute Gasteiger partial charge is 0.312 e. The van der Waals surface area contributed by atoms with Crippen LogP contribution in [0.3, 0.4) is 0 Å². The first-order valence-corrected chi connectivity index (χ1v) is 4.77. The molecule has 2 aliphatic carbocycles. The van der Waals surface area contributed by atoms with E-state index in [4.69, 9.17) is 4.74 Å². The average molecular weight is 182 g/mol. The van der Waals surface area contributed by atoms with Crippen LogP contribution in [0.15, 0.2) is 12.2 Å². The molecular formula is C10H14O3. The van der Waals surface area contributed by atoms with Crippen LogP contribution in [0.2, 0.25) is 0 Å². The van der Waals surface area contributed by atoms with Gasteiger partial charge in [0.15, 0.2) is 0 Å². The molecule has 0 spiro atoms. The van der Waals surface area contributed by atoms with Gasteiger partial charge in [0.05, 0.1) is 18.6 Å². The summed E-state index contributed by atoms with van der Waals surface area (Å²) in [6.45, 7) is 2.18. The Labute approximate surface area is 77.4 Å². The Kier molecular flexibility index (Phi) is 2.12. The van der Waals surface area contributed by atoms with Gasteiger partial charge in [0.2, 0.25) is 0 Å². The second kappa shape index (κ2) is 3.14. The number of rotatable bonds is 2. The van der Waals surface area contributed by atoms with Gasteiger partial charge in [-0.25, -0.2) is 0 Å². The van der Waals surface area contributed by atoms with Crippen molar-refractivity contribution < 1.29 is 14.6 Å². The van der Waals surface area contributed by atoms with Crippen molar-refractivity contribution in [1.29, 1.82) is 0 Å². The van der Waals surface area contributed by atoms with E-state index in [2.05, 4.69) is 0 Å². The quantitative estimate of drug-likeness (QED) is 0.506. The molecule has 3 nitrogen and oxygen atoms in total. The van der Waals surface area contributed by atoms with Gasteiger partial charge in [0, 0.05) is 5.92 Å². The predicted molar refractivity (Wildman–Crippen MR) is 46.9 cm³/mol. The molecule has 0 aromatic carbocycles. The largest absolute Gasteiger partial charge is 0.466 e. The topological polar surface area (TPSA) is 46.5 Å². The minimum absolute atomic E-state index is 0.180. The molecule has 4 atom stereocenters. The number of carbonyl (C=O) groups is 1. The standard InChI is InChI=1S/C10H14O3/c1-2-13-10(12)8-6-3-4-7(5-6)9(8)11/h3-4,6-9,11H,2,5H2,1H3/t6-,7+,8-,9-/m0/s1. The molecule has 72 valence electrons. The third-order valence-corrected chi connectivity index (χ3v) is 2.98. The van der Waals surface area contributed by atoms with Gasteiger partial charge in [-0.1, -0.05) is 12.2 Å². The van der Waals surface area contributed by atoms with Crippen LogP contribution in [0, 0.1) is 17.8 Å². The zero-order valence-electron chi connectivity index (χ0n) is 7.64. The Morgan fingerprint density at radius 2 is 2.23 bits per heavy atom. The number of aliphatic hydroxyl groups is 1. The summed E-state index contributed by atoms with van der Waals surface area (Å²) in [6.07, 6.45) is 4.42. The zero-order chi connectivity index (χ0) is 9.42. The van der Waals surface area contributed by atoms with E-state index in [0.717, 1.165) is 6.42 Å². The lowest BCUT2D eigenvalue weighted by atomic mass is 9.91. The van der Waals surface area contributed by atoms with Crippen molar-refractivity contribution in [3.05, 3.63) is 12.2 Å². The minimum atomic E-state index is -0.519. The minimum Gasteiger partial charge on any atom is -0.466 e. The lowest BCUT2D eigenvalue weighted by molar-refractivity contribution is -0.152. The fourth-order valence-electron chi connectivity index (χ4n) is 2.35.